The fourth-order valence-electron chi connectivity index (χ4n) is 6.21. The summed E-state index contributed by atoms with van der Waals surface area (Å²) in [4.78, 5) is 29.5. The molecule has 1 aromatic carbocycles. The lowest BCUT2D eigenvalue weighted by atomic mass is 10.0. The molecule has 0 radical (unpaired) electrons. The number of pyridine rings is 1. The molecule has 47 heavy (non-hydrogen) atoms. The third kappa shape index (κ3) is 8.44. The topological polar surface area (TPSA) is 137 Å². The van der Waals surface area contributed by atoms with Gasteiger partial charge in [0, 0.05) is 55.7 Å². The number of rotatable bonds is 16. The van der Waals surface area contributed by atoms with E-state index in [4.69, 9.17) is 9.97 Å². The Bertz CT molecular complexity index is 1650. The zero-order chi connectivity index (χ0) is 32.6. The number of hydrogen-bond donors (Lipinski definition) is 3. The number of amides is 2. The molecule has 2 aliphatic carbocycles. The molecule has 2 saturated carbocycles. The summed E-state index contributed by atoms with van der Waals surface area (Å²) in [5.74, 6) is 3.12. The zero-order valence-corrected chi connectivity index (χ0v) is 27.3. The number of nitrogens with one attached hydrogen (secondary N) is 3. The second-order valence-electron chi connectivity index (χ2n) is 12.7. The minimum atomic E-state index is -0.172. The standard InChI is InChI=1S/C36H44N10O/c1-3-8-31(11-7-18-38-35-40-22-29(19-37)34(44-35)43-33(26-12-13-26)27-14-15-27)46(36(47)41-20-25-9-5-4-6-10-25)32-17-16-28(21-39-32)30-23-42-45(2)24-30/h4-6,9-10,16-17,21-24,26-27,31,33H,3,7-8,11-15,18,20H2,1-2H3,(H,41,47)(H2,38,40,43,44)/t31-/m0/s1. The minimum absolute atomic E-state index is 0.0636. The fraction of sp³-hybridized carbons (Fsp3) is 0.444. The second-order valence-corrected chi connectivity index (χ2v) is 12.7. The maximum Gasteiger partial charge on any atom is 0.323 e. The molecule has 2 aliphatic rings. The van der Waals surface area contributed by atoms with Crippen molar-refractivity contribution in [1.82, 2.24) is 30.0 Å². The van der Waals surface area contributed by atoms with E-state index < -0.39 is 0 Å². The number of aryl methyl sites for hydroxylation is 1. The lowest BCUT2D eigenvalue weighted by Crippen LogP contribution is -2.47. The molecule has 3 N–H and O–H groups in total. The number of nitriles is 1. The van der Waals surface area contributed by atoms with Gasteiger partial charge in [-0.1, -0.05) is 43.7 Å². The molecule has 11 nitrogen and oxygen atoms in total. The van der Waals surface area contributed by atoms with Gasteiger partial charge in [0.25, 0.3) is 0 Å². The molecule has 0 saturated heterocycles. The van der Waals surface area contributed by atoms with E-state index in [9.17, 15) is 10.1 Å². The smallest absolute Gasteiger partial charge is 0.323 e. The Labute approximate surface area is 276 Å². The Morgan fingerprint density at radius 3 is 2.45 bits per heavy atom. The summed E-state index contributed by atoms with van der Waals surface area (Å²) < 4.78 is 1.76. The van der Waals surface area contributed by atoms with Crippen LogP contribution in [-0.4, -0.2) is 49.4 Å². The lowest BCUT2D eigenvalue weighted by Gasteiger charge is -2.31. The van der Waals surface area contributed by atoms with Crippen molar-refractivity contribution in [3.63, 3.8) is 0 Å². The van der Waals surface area contributed by atoms with Crippen LogP contribution in [0.5, 0.6) is 0 Å². The molecule has 244 valence electrons. The van der Waals surface area contributed by atoms with Crippen LogP contribution in [0.25, 0.3) is 11.1 Å². The highest BCUT2D eigenvalue weighted by Gasteiger charge is 2.42. The van der Waals surface area contributed by atoms with Gasteiger partial charge >= 0.3 is 6.03 Å². The van der Waals surface area contributed by atoms with Crippen LogP contribution < -0.4 is 20.9 Å². The molecule has 0 spiro atoms. The Balaban J connectivity index is 1.13. The van der Waals surface area contributed by atoms with E-state index in [1.165, 1.54) is 25.7 Å². The van der Waals surface area contributed by atoms with Crippen LogP contribution in [0.2, 0.25) is 0 Å². The molecule has 11 heteroatoms. The van der Waals surface area contributed by atoms with E-state index in [0.29, 0.717) is 54.1 Å². The van der Waals surface area contributed by atoms with Gasteiger partial charge in [-0.15, -0.1) is 0 Å². The molecule has 0 bridgehead atoms. The van der Waals surface area contributed by atoms with Gasteiger partial charge in [0.2, 0.25) is 5.95 Å². The average Bonchev–Trinajstić information content (AvgIpc) is 4.04. The van der Waals surface area contributed by atoms with Crippen molar-refractivity contribution in [3.8, 4) is 17.2 Å². The molecule has 2 amide bonds. The van der Waals surface area contributed by atoms with Crippen molar-refractivity contribution in [2.75, 3.05) is 22.1 Å². The van der Waals surface area contributed by atoms with Gasteiger partial charge < -0.3 is 16.0 Å². The van der Waals surface area contributed by atoms with E-state index in [2.05, 4.69) is 39.0 Å². The molecule has 3 heterocycles. The molecule has 2 fully saturated rings. The number of carbonyl (C=O) groups excluding carboxylic acids is 1. The number of nitrogens with zero attached hydrogens (tertiary/aromatic N) is 7. The van der Waals surface area contributed by atoms with E-state index in [0.717, 1.165) is 42.4 Å². The summed E-state index contributed by atoms with van der Waals surface area (Å²) in [5.41, 5.74) is 3.43. The van der Waals surface area contributed by atoms with Crippen molar-refractivity contribution < 1.29 is 4.79 Å². The highest BCUT2D eigenvalue weighted by atomic mass is 16.2. The average molecular weight is 633 g/mol. The molecule has 0 unspecified atom stereocenters. The van der Waals surface area contributed by atoms with Crippen molar-refractivity contribution in [1.29, 1.82) is 5.26 Å². The first-order chi connectivity index (χ1) is 23.0. The molecular formula is C36H44N10O. The largest absolute Gasteiger partial charge is 0.366 e. The van der Waals surface area contributed by atoms with Crippen molar-refractivity contribution in [2.45, 2.75) is 76.9 Å². The van der Waals surface area contributed by atoms with Crippen molar-refractivity contribution in [3.05, 3.63) is 78.4 Å². The third-order valence-electron chi connectivity index (χ3n) is 8.99. The third-order valence-corrected chi connectivity index (χ3v) is 8.99. The summed E-state index contributed by atoms with van der Waals surface area (Å²) in [6.45, 7) is 3.20. The van der Waals surface area contributed by atoms with Crippen LogP contribution in [0.1, 0.15) is 69.4 Å². The predicted molar refractivity (Wildman–Crippen MR) is 184 cm³/mol. The molecular weight excluding hydrogens is 588 g/mol. The van der Waals surface area contributed by atoms with Gasteiger partial charge in [0.1, 0.15) is 23.3 Å². The first-order valence-electron chi connectivity index (χ1n) is 16.9. The molecule has 3 aromatic heterocycles. The number of anilines is 3. The molecule has 6 rings (SSSR count). The van der Waals surface area contributed by atoms with Crippen LogP contribution in [0, 0.1) is 23.2 Å². The van der Waals surface area contributed by atoms with E-state index >= 15 is 0 Å². The van der Waals surface area contributed by atoms with Gasteiger partial charge in [-0.25, -0.2) is 14.8 Å². The summed E-state index contributed by atoms with van der Waals surface area (Å²) in [5, 5.41) is 24.0. The van der Waals surface area contributed by atoms with Crippen LogP contribution in [0.3, 0.4) is 0 Å². The Morgan fingerprint density at radius 1 is 1.02 bits per heavy atom. The van der Waals surface area contributed by atoms with Gasteiger partial charge in [-0.3, -0.25) is 9.58 Å². The summed E-state index contributed by atoms with van der Waals surface area (Å²) in [6, 6.07) is 16.2. The van der Waals surface area contributed by atoms with E-state index in [1.54, 1.807) is 17.1 Å². The van der Waals surface area contributed by atoms with Crippen molar-refractivity contribution >= 4 is 23.6 Å². The van der Waals surface area contributed by atoms with Crippen molar-refractivity contribution in [2.24, 2.45) is 18.9 Å². The van der Waals surface area contributed by atoms with Gasteiger partial charge in [0.05, 0.1) is 12.4 Å². The second kappa shape index (κ2) is 15.1. The first-order valence-corrected chi connectivity index (χ1v) is 16.9. The summed E-state index contributed by atoms with van der Waals surface area (Å²) >= 11 is 0. The fourth-order valence-corrected chi connectivity index (χ4v) is 6.21. The van der Waals surface area contributed by atoms with Gasteiger partial charge in [-0.2, -0.15) is 15.3 Å². The maximum absolute atomic E-state index is 13.8. The Kier molecular flexibility index (Phi) is 10.3. The summed E-state index contributed by atoms with van der Waals surface area (Å²) in [7, 11) is 1.89. The highest BCUT2D eigenvalue weighted by Crippen LogP contribution is 2.46. The Hall–Kier alpha value is -4.98. The monoisotopic (exact) mass is 632 g/mol. The zero-order valence-electron chi connectivity index (χ0n) is 27.3. The number of carbonyl (C=O) groups is 1. The molecule has 4 aromatic rings. The molecule has 0 aliphatic heterocycles. The molecule has 1 atom stereocenters. The first kappa shape index (κ1) is 32.0. The SMILES string of the molecule is CCC[C@@H](CCCNc1ncc(C#N)c(NC(C2CC2)C2CC2)n1)N(C(=O)NCc1ccccc1)c1ccc(-c2cnn(C)c2)cn1. The predicted octanol–water partition coefficient (Wildman–Crippen LogP) is 6.52. The van der Waals surface area contributed by atoms with E-state index in [-0.39, 0.29) is 12.1 Å². The number of hydrogen-bond acceptors (Lipinski definition) is 8. The van der Waals surface area contributed by atoms with Crippen LogP contribution >= 0.6 is 0 Å². The quantitative estimate of drug-likeness (QED) is 0.119. The maximum atomic E-state index is 13.8. The van der Waals surface area contributed by atoms with Crippen LogP contribution in [0.4, 0.5) is 22.4 Å². The number of aromatic nitrogens is 5. The van der Waals surface area contributed by atoms with Gasteiger partial charge in [0.15, 0.2) is 0 Å². The highest BCUT2D eigenvalue weighted by molar-refractivity contribution is 5.91. The van der Waals surface area contributed by atoms with Gasteiger partial charge in [-0.05, 0) is 74.5 Å². The van der Waals surface area contributed by atoms with Crippen LogP contribution in [0.15, 0.2) is 67.3 Å². The lowest BCUT2D eigenvalue weighted by molar-refractivity contribution is 0.242. The number of urea groups is 1. The van der Waals surface area contributed by atoms with Crippen LogP contribution in [-0.2, 0) is 13.6 Å². The normalized spacial score (nSPS) is 14.8. The number of benzene rings is 1. The summed E-state index contributed by atoms with van der Waals surface area (Å²) in [6.07, 6.45) is 15.5. The Morgan fingerprint density at radius 2 is 1.81 bits per heavy atom. The minimum Gasteiger partial charge on any atom is -0.366 e. The van der Waals surface area contributed by atoms with E-state index in [1.807, 2.05) is 66.8 Å².